The lowest BCUT2D eigenvalue weighted by Gasteiger charge is -2.13. The van der Waals surface area contributed by atoms with Crippen molar-refractivity contribution in [1.82, 2.24) is 15.0 Å². The Hall–Kier alpha value is -4.27. The first kappa shape index (κ1) is 24.8. The summed E-state index contributed by atoms with van der Waals surface area (Å²) >= 11 is 0. The van der Waals surface area contributed by atoms with Crippen molar-refractivity contribution in [2.45, 2.75) is 32.6 Å². The van der Waals surface area contributed by atoms with Crippen LogP contribution in [0.5, 0.6) is 11.6 Å². The molecule has 3 N–H and O–H groups in total. The van der Waals surface area contributed by atoms with E-state index in [1.54, 1.807) is 18.3 Å². The number of amides is 1. The molecule has 0 saturated heterocycles. The normalized spacial score (nSPS) is 10.9. The van der Waals surface area contributed by atoms with Gasteiger partial charge >= 0.3 is 0 Å². The summed E-state index contributed by atoms with van der Waals surface area (Å²) in [5.41, 5.74) is 9.84. The maximum absolute atomic E-state index is 14.3. The van der Waals surface area contributed by atoms with Crippen molar-refractivity contribution in [3.63, 3.8) is 0 Å². The minimum atomic E-state index is -0.544. The van der Waals surface area contributed by atoms with Crippen LogP contribution in [-0.4, -0.2) is 34.6 Å². The highest BCUT2D eigenvalue weighted by molar-refractivity contribution is 5.93. The smallest absolute Gasteiger partial charge is 0.250 e. The van der Waals surface area contributed by atoms with E-state index in [0.717, 1.165) is 35.9 Å². The number of fused-ring (bicyclic) bond motifs is 1. The molecule has 2 aromatic carbocycles. The lowest BCUT2D eigenvalue weighted by Crippen LogP contribution is -2.12. The monoisotopic (exact) mass is 489 g/mol. The number of nitrogen functional groups attached to an aromatic ring is 1. The average molecular weight is 490 g/mol. The molecule has 1 amide bonds. The van der Waals surface area contributed by atoms with Crippen molar-refractivity contribution in [3.05, 3.63) is 66.5 Å². The SMILES string of the molecule is COc1ncc(-c2cc(OCCCCCC(=O)Nc3ccccc3N)c3ncnc(C)c3c2)cc1F. The van der Waals surface area contributed by atoms with Gasteiger partial charge in [0.1, 0.15) is 17.6 Å². The average Bonchev–Trinajstić information content (AvgIpc) is 2.87. The molecule has 8 nitrogen and oxygen atoms in total. The summed E-state index contributed by atoms with van der Waals surface area (Å²) in [6, 6.07) is 12.3. The number of aryl methyl sites for hydroxylation is 1. The van der Waals surface area contributed by atoms with Gasteiger partial charge in [0.05, 0.1) is 25.1 Å². The third kappa shape index (κ3) is 5.86. The number of aromatic nitrogens is 3. The zero-order chi connectivity index (χ0) is 25.5. The second kappa shape index (κ2) is 11.4. The molecule has 4 rings (SSSR count). The van der Waals surface area contributed by atoms with Crippen LogP contribution in [0.2, 0.25) is 0 Å². The molecule has 36 heavy (non-hydrogen) atoms. The van der Waals surface area contributed by atoms with E-state index >= 15 is 0 Å². The molecular weight excluding hydrogens is 461 g/mol. The number of carbonyl (C=O) groups is 1. The van der Waals surface area contributed by atoms with Crippen molar-refractivity contribution in [1.29, 1.82) is 0 Å². The fraction of sp³-hybridized carbons (Fsp3) is 0.259. The highest BCUT2D eigenvalue weighted by Gasteiger charge is 2.13. The Labute approximate surface area is 208 Å². The number of para-hydroxylation sites is 2. The molecule has 0 radical (unpaired) electrons. The highest BCUT2D eigenvalue weighted by atomic mass is 19.1. The summed E-state index contributed by atoms with van der Waals surface area (Å²) < 4.78 is 25.3. The van der Waals surface area contributed by atoms with Gasteiger partial charge in [-0.3, -0.25) is 4.79 Å². The van der Waals surface area contributed by atoms with E-state index in [1.165, 1.54) is 19.5 Å². The van der Waals surface area contributed by atoms with Gasteiger partial charge in [-0.2, -0.15) is 0 Å². The number of nitrogens with one attached hydrogen (secondary N) is 1. The van der Waals surface area contributed by atoms with Crippen LogP contribution in [0.15, 0.2) is 55.0 Å². The molecule has 4 aromatic rings. The van der Waals surface area contributed by atoms with Crippen LogP contribution in [0.25, 0.3) is 22.0 Å². The summed E-state index contributed by atoms with van der Waals surface area (Å²) in [6.45, 7) is 2.34. The Morgan fingerprint density at radius 3 is 2.67 bits per heavy atom. The summed E-state index contributed by atoms with van der Waals surface area (Å²) in [4.78, 5) is 24.9. The van der Waals surface area contributed by atoms with Crippen LogP contribution >= 0.6 is 0 Å². The molecule has 2 aromatic heterocycles. The van der Waals surface area contributed by atoms with E-state index < -0.39 is 5.82 Å². The number of nitrogens with two attached hydrogens (primary N) is 1. The summed E-state index contributed by atoms with van der Waals surface area (Å²) in [7, 11) is 1.37. The number of pyridine rings is 1. The predicted molar refractivity (Wildman–Crippen MR) is 137 cm³/mol. The van der Waals surface area contributed by atoms with Crippen LogP contribution in [0.3, 0.4) is 0 Å². The highest BCUT2D eigenvalue weighted by Crippen LogP contribution is 2.33. The topological polar surface area (TPSA) is 112 Å². The fourth-order valence-corrected chi connectivity index (χ4v) is 3.84. The lowest BCUT2D eigenvalue weighted by atomic mass is 10.0. The molecule has 0 bridgehead atoms. The van der Waals surface area contributed by atoms with E-state index in [1.807, 2.05) is 31.2 Å². The van der Waals surface area contributed by atoms with Gasteiger partial charge in [-0.25, -0.2) is 19.3 Å². The molecule has 2 heterocycles. The number of methoxy groups -OCH3 is 1. The second-order valence-electron chi connectivity index (χ2n) is 8.34. The molecule has 0 aliphatic rings. The van der Waals surface area contributed by atoms with Gasteiger partial charge in [0.15, 0.2) is 5.82 Å². The summed E-state index contributed by atoms with van der Waals surface area (Å²) in [6.07, 6.45) is 5.75. The van der Waals surface area contributed by atoms with Crippen molar-refractivity contribution in [2.75, 3.05) is 24.8 Å². The first-order valence-corrected chi connectivity index (χ1v) is 11.7. The third-order valence-corrected chi connectivity index (χ3v) is 5.78. The fourth-order valence-electron chi connectivity index (χ4n) is 3.84. The zero-order valence-electron chi connectivity index (χ0n) is 20.3. The standard InChI is InChI=1S/C27H28FN5O3/c1-17-20-12-18(19-13-21(28)27(35-2)30-15-19)14-24(26(20)32-16-31-17)36-11-7-3-4-10-25(34)33-23-9-6-5-8-22(23)29/h5-6,8-9,12-16H,3-4,7,10-11,29H2,1-2H3,(H,33,34). The summed E-state index contributed by atoms with van der Waals surface area (Å²) in [5.74, 6) is -0.0874. The number of hydrogen-bond acceptors (Lipinski definition) is 7. The Morgan fingerprint density at radius 1 is 1.06 bits per heavy atom. The second-order valence-corrected chi connectivity index (χ2v) is 8.34. The number of anilines is 2. The van der Waals surface area contributed by atoms with E-state index in [4.69, 9.17) is 15.2 Å². The molecule has 9 heteroatoms. The Morgan fingerprint density at radius 2 is 1.89 bits per heavy atom. The number of halogens is 1. The first-order valence-electron chi connectivity index (χ1n) is 11.7. The largest absolute Gasteiger partial charge is 0.491 e. The van der Waals surface area contributed by atoms with Crippen molar-refractivity contribution < 1.29 is 18.7 Å². The maximum Gasteiger partial charge on any atom is 0.250 e. The molecule has 0 unspecified atom stereocenters. The molecule has 0 fully saturated rings. The van der Waals surface area contributed by atoms with E-state index in [9.17, 15) is 9.18 Å². The Balaban J connectivity index is 1.38. The van der Waals surface area contributed by atoms with Crippen molar-refractivity contribution in [2.24, 2.45) is 0 Å². The number of benzene rings is 2. The van der Waals surface area contributed by atoms with E-state index in [0.29, 0.717) is 41.2 Å². The van der Waals surface area contributed by atoms with Crippen molar-refractivity contribution in [3.8, 4) is 22.8 Å². The van der Waals surface area contributed by atoms with Gasteiger partial charge in [-0.05, 0) is 62.1 Å². The molecule has 0 atom stereocenters. The zero-order valence-corrected chi connectivity index (χ0v) is 20.3. The Kier molecular flexibility index (Phi) is 7.89. The van der Waals surface area contributed by atoms with E-state index in [2.05, 4.69) is 20.3 Å². The molecular formula is C27H28FN5O3. The molecule has 0 aliphatic carbocycles. The van der Waals surface area contributed by atoms with Gasteiger partial charge in [0, 0.05) is 29.3 Å². The van der Waals surface area contributed by atoms with Crippen LogP contribution < -0.4 is 20.5 Å². The maximum atomic E-state index is 14.3. The number of unbranched alkanes of at least 4 members (excludes halogenated alkanes) is 2. The van der Waals surface area contributed by atoms with Gasteiger partial charge in [-0.1, -0.05) is 12.1 Å². The van der Waals surface area contributed by atoms with Crippen LogP contribution in [0, 0.1) is 12.7 Å². The molecule has 0 aliphatic heterocycles. The quantitative estimate of drug-likeness (QED) is 0.229. The number of rotatable bonds is 10. The number of carbonyl (C=O) groups excluding carboxylic acids is 1. The van der Waals surface area contributed by atoms with Crippen molar-refractivity contribution >= 4 is 28.2 Å². The van der Waals surface area contributed by atoms with Crippen LogP contribution in [0.1, 0.15) is 31.4 Å². The number of ether oxygens (including phenoxy) is 2. The van der Waals surface area contributed by atoms with Gasteiger partial charge in [0.2, 0.25) is 11.8 Å². The molecule has 0 spiro atoms. The third-order valence-electron chi connectivity index (χ3n) is 5.78. The number of hydrogen-bond donors (Lipinski definition) is 2. The van der Waals surface area contributed by atoms with E-state index in [-0.39, 0.29) is 11.8 Å². The predicted octanol–water partition coefficient (Wildman–Crippen LogP) is 5.31. The first-order chi connectivity index (χ1) is 17.5. The van der Waals surface area contributed by atoms with Crippen LogP contribution in [-0.2, 0) is 4.79 Å². The van der Waals surface area contributed by atoms with Gasteiger partial charge in [0.25, 0.3) is 0 Å². The summed E-state index contributed by atoms with van der Waals surface area (Å²) in [5, 5.41) is 3.65. The minimum absolute atomic E-state index is 0.0588. The van der Waals surface area contributed by atoms with Gasteiger partial charge < -0.3 is 20.5 Å². The molecule has 186 valence electrons. The van der Waals surface area contributed by atoms with Gasteiger partial charge in [-0.15, -0.1) is 0 Å². The number of nitrogens with zero attached hydrogens (tertiary/aromatic N) is 3. The minimum Gasteiger partial charge on any atom is -0.491 e. The Bertz CT molecular complexity index is 1380. The van der Waals surface area contributed by atoms with Crippen LogP contribution in [0.4, 0.5) is 15.8 Å². The lowest BCUT2D eigenvalue weighted by molar-refractivity contribution is -0.116. The molecule has 0 saturated carbocycles.